The monoisotopic (exact) mass is 502 g/mol. The third-order valence-corrected chi connectivity index (χ3v) is 10.6. The molecule has 0 spiro atoms. The number of fused-ring (bicyclic) bond motifs is 2. The van der Waals surface area contributed by atoms with E-state index in [1.165, 1.54) is 12.8 Å². The van der Waals surface area contributed by atoms with E-state index in [0.717, 1.165) is 57.9 Å². The number of hydrogen-bond acceptors (Lipinski definition) is 7. The molecule has 2 saturated carbocycles. The van der Waals surface area contributed by atoms with Crippen LogP contribution >= 0.6 is 0 Å². The van der Waals surface area contributed by atoms with Crippen LogP contribution in [0.2, 0.25) is 0 Å². The van der Waals surface area contributed by atoms with Gasteiger partial charge in [0.15, 0.2) is 0 Å². The van der Waals surface area contributed by atoms with Gasteiger partial charge in [-0.15, -0.1) is 0 Å². The van der Waals surface area contributed by atoms with Gasteiger partial charge in [0.25, 0.3) is 0 Å². The highest BCUT2D eigenvalue weighted by Crippen LogP contribution is 2.65. The first-order chi connectivity index (χ1) is 17.1. The Morgan fingerprint density at radius 3 is 2.56 bits per heavy atom. The van der Waals surface area contributed by atoms with Crippen LogP contribution in [0.1, 0.15) is 98.3 Å². The molecule has 0 aromatic rings. The molecule has 7 heteroatoms. The molecule has 0 bridgehead atoms. The van der Waals surface area contributed by atoms with Gasteiger partial charge in [-0.1, -0.05) is 18.9 Å². The van der Waals surface area contributed by atoms with Crippen molar-refractivity contribution in [1.29, 1.82) is 0 Å². The first kappa shape index (κ1) is 26.2. The molecule has 3 saturated heterocycles. The second kappa shape index (κ2) is 9.70. The molecule has 7 atom stereocenters. The van der Waals surface area contributed by atoms with E-state index in [9.17, 15) is 9.59 Å². The zero-order valence-electron chi connectivity index (χ0n) is 22.6. The van der Waals surface area contributed by atoms with Crippen molar-refractivity contribution in [2.45, 2.75) is 128 Å². The van der Waals surface area contributed by atoms with Crippen LogP contribution in [0.15, 0.2) is 11.6 Å². The fourth-order valence-corrected chi connectivity index (χ4v) is 8.64. The maximum atomic E-state index is 13.2. The minimum absolute atomic E-state index is 0.0224. The van der Waals surface area contributed by atoms with E-state index in [-0.39, 0.29) is 35.7 Å². The van der Waals surface area contributed by atoms with Crippen molar-refractivity contribution in [2.24, 2.45) is 28.9 Å². The summed E-state index contributed by atoms with van der Waals surface area (Å²) in [6, 6.07) is 0. The highest BCUT2D eigenvalue weighted by molar-refractivity contribution is 5.88. The van der Waals surface area contributed by atoms with E-state index < -0.39 is 11.2 Å². The molecule has 0 aromatic carbocycles. The van der Waals surface area contributed by atoms with E-state index in [2.05, 4.69) is 19.2 Å². The van der Waals surface area contributed by atoms with Crippen LogP contribution in [-0.2, 0) is 23.8 Å². The van der Waals surface area contributed by atoms with Gasteiger partial charge in [-0.25, -0.2) is 4.79 Å². The van der Waals surface area contributed by atoms with Gasteiger partial charge in [0.2, 0.25) is 0 Å². The highest BCUT2D eigenvalue weighted by Gasteiger charge is 2.70. The fraction of sp³-hybridized carbons (Fsp3) is 0.862. The number of allylic oxidation sites excluding steroid dienone is 1. The lowest BCUT2D eigenvalue weighted by Crippen LogP contribution is -2.66. The van der Waals surface area contributed by atoms with E-state index >= 15 is 0 Å². The van der Waals surface area contributed by atoms with Gasteiger partial charge < -0.3 is 25.3 Å². The summed E-state index contributed by atoms with van der Waals surface area (Å²) in [5.74, 6) is 0.876. The van der Waals surface area contributed by atoms with E-state index in [1.807, 2.05) is 19.9 Å². The van der Waals surface area contributed by atoms with Crippen LogP contribution in [0.3, 0.4) is 0 Å². The van der Waals surface area contributed by atoms with Crippen molar-refractivity contribution < 1.29 is 23.8 Å². The summed E-state index contributed by atoms with van der Waals surface area (Å²) >= 11 is 0. The second-order valence-corrected chi connectivity index (χ2v) is 12.8. The Bertz CT molecular complexity index is 886. The summed E-state index contributed by atoms with van der Waals surface area (Å²) in [4.78, 5) is 25.2. The summed E-state index contributed by atoms with van der Waals surface area (Å²) in [6.07, 6.45) is 12.5. The summed E-state index contributed by atoms with van der Waals surface area (Å²) < 4.78 is 19.5. The maximum absolute atomic E-state index is 13.2. The zero-order chi connectivity index (χ0) is 25.7. The highest BCUT2D eigenvalue weighted by atomic mass is 16.6. The lowest BCUT2D eigenvalue weighted by atomic mass is 9.54. The smallest absolute Gasteiger partial charge is 0.334 e. The Hall–Kier alpha value is -1.44. The minimum Gasteiger partial charge on any atom is -0.462 e. The molecule has 36 heavy (non-hydrogen) atoms. The molecule has 7 unspecified atom stereocenters. The Labute approximate surface area is 216 Å². The molecule has 7 nitrogen and oxygen atoms in total. The molecule has 2 aliphatic carbocycles. The standard InChI is InChI=1S/C29H46N2O5/c1-5-18(2)26(33)36-27(3,4)29(28(12-6-7-13-28)21-9-10-24(30)31-17-21)16-20-14-19-8-11-25(32)34-22(19)15-23(20)35-29/h5,19-24,31H,6-17,30H2,1-4H3. The van der Waals surface area contributed by atoms with Gasteiger partial charge in [0.05, 0.1) is 12.3 Å². The number of ether oxygens (including phenoxy) is 3. The molecule has 5 aliphatic rings. The molecule has 5 rings (SSSR count). The lowest BCUT2D eigenvalue weighted by molar-refractivity contribution is -0.251. The Morgan fingerprint density at radius 2 is 1.89 bits per heavy atom. The summed E-state index contributed by atoms with van der Waals surface area (Å²) in [6.45, 7) is 8.73. The minimum atomic E-state index is -0.808. The van der Waals surface area contributed by atoms with Crippen LogP contribution in [0, 0.1) is 23.2 Å². The average Bonchev–Trinajstić information content (AvgIpc) is 3.49. The maximum Gasteiger partial charge on any atom is 0.334 e. The predicted molar refractivity (Wildman–Crippen MR) is 137 cm³/mol. The van der Waals surface area contributed by atoms with Crippen molar-refractivity contribution in [1.82, 2.24) is 5.32 Å². The Kier molecular flexibility index (Phi) is 7.05. The van der Waals surface area contributed by atoms with Crippen molar-refractivity contribution in [3.8, 4) is 0 Å². The molecular weight excluding hydrogens is 456 g/mol. The van der Waals surface area contributed by atoms with E-state index in [0.29, 0.717) is 29.7 Å². The van der Waals surface area contributed by atoms with Crippen LogP contribution in [0.4, 0.5) is 0 Å². The summed E-state index contributed by atoms with van der Waals surface area (Å²) in [7, 11) is 0. The number of rotatable bonds is 5. The lowest BCUT2D eigenvalue weighted by Gasteiger charge is -2.58. The van der Waals surface area contributed by atoms with Crippen molar-refractivity contribution in [3.63, 3.8) is 0 Å². The average molecular weight is 503 g/mol. The van der Waals surface area contributed by atoms with Gasteiger partial charge in [0, 0.05) is 30.4 Å². The molecule has 0 amide bonds. The second-order valence-electron chi connectivity index (χ2n) is 12.8. The molecule has 0 aromatic heterocycles. The Balaban J connectivity index is 1.53. The van der Waals surface area contributed by atoms with Gasteiger partial charge in [-0.2, -0.15) is 0 Å². The van der Waals surface area contributed by atoms with Crippen LogP contribution < -0.4 is 11.1 Å². The first-order valence-corrected chi connectivity index (χ1v) is 14.3. The number of carbonyl (C=O) groups excluding carboxylic acids is 2. The van der Waals surface area contributed by atoms with Crippen molar-refractivity contribution in [2.75, 3.05) is 6.54 Å². The number of carbonyl (C=O) groups is 2. The van der Waals surface area contributed by atoms with Crippen LogP contribution in [0.5, 0.6) is 0 Å². The van der Waals surface area contributed by atoms with E-state index in [1.54, 1.807) is 0 Å². The zero-order valence-corrected chi connectivity index (χ0v) is 22.6. The summed E-state index contributed by atoms with van der Waals surface area (Å²) in [5, 5.41) is 3.55. The molecule has 5 fully saturated rings. The number of hydrogen-bond donors (Lipinski definition) is 2. The number of piperidine rings is 1. The van der Waals surface area contributed by atoms with Crippen LogP contribution in [0.25, 0.3) is 0 Å². The van der Waals surface area contributed by atoms with Gasteiger partial charge >= 0.3 is 11.9 Å². The predicted octanol–water partition coefficient (Wildman–Crippen LogP) is 4.38. The number of nitrogens with two attached hydrogens (primary N) is 1. The van der Waals surface area contributed by atoms with Gasteiger partial charge in [0.1, 0.15) is 17.3 Å². The third-order valence-electron chi connectivity index (χ3n) is 10.6. The molecule has 202 valence electrons. The largest absolute Gasteiger partial charge is 0.462 e. The van der Waals surface area contributed by atoms with E-state index in [4.69, 9.17) is 19.9 Å². The van der Waals surface area contributed by atoms with Gasteiger partial charge in [-0.05, 0) is 90.4 Å². The molecule has 0 radical (unpaired) electrons. The molecule has 3 aliphatic heterocycles. The topological polar surface area (TPSA) is 99.9 Å². The molecular formula is C29H46N2O5. The first-order valence-electron chi connectivity index (χ1n) is 14.3. The quantitative estimate of drug-likeness (QED) is 0.425. The summed E-state index contributed by atoms with van der Waals surface area (Å²) in [5.41, 5.74) is 5.37. The Morgan fingerprint density at radius 1 is 1.14 bits per heavy atom. The van der Waals surface area contributed by atoms with Crippen molar-refractivity contribution in [3.05, 3.63) is 11.6 Å². The fourth-order valence-electron chi connectivity index (χ4n) is 8.64. The number of esters is 2. The molecule has 3 heterocycles. The SMILES string of the molecule is CC=C(C)C(=O)OC(C)(C)C1(C2(C3CCC(N)NC3)CCCC2)CC2CC3CCC(=O)OC3CC2O1. The van der Waals surface area contributed by atoms with Gasteiger partial charge in [-0.3, -0.25) is 4.79 Å². The van der Waals surface area contributed by atoms with Crippen LogP contribution in [-0.4, -0.2) is 48.1 Å². The molecule has 3 N–H and O–H groups in total. The third kappa shape index (κ3) is 4.23. The number of nitrogens with one attached hydrogen (secondary N) is 1. The van der Waals surface area contributed by atoms with Crippen molar-refractivity contribution >= 4 is 11.9 Å². The normalized spacial score (nSPS) is 40.8.